The number of nitrogens with zero attached hydrogens (tertiary/aromatic N) is 2. The van der Waals surface area contributed by atoms with E-state index in [-0.39, 0.29) is 28.6 Å². The number of carbonyl (C=O) groups excluding carboxylic acids is 1. The van der Waals surface area contributed by atoms with E-state index in [0.29, 0.717) is 34.3 Å². The number of halogens is 2. The maximum absolute atomic E-state index is 11.5. The maximum Gasteiger partial charge on any atom is 3.00 e. The van der Waals surface area contributed by atoms with Gasteiger partial charge in [-0.05, 0) is 42.3 Å². The summed E-state index contributed by atoms with van der Waals surface area (Å²) in [5.41, 5.74) is 0.876. The number of hydrogen-bond acceptors (Lipinski definition) is 6. The van der Waals surface area contributed by atoms with Crippen molar-refractivity contribution < 1.29 is 37.2 Å². The summed E-state index contributed by atoms with van der Waals surface area (Å²) in [5.74, 6) is -1.35. The molecule has 0 saturated carbocycles. The van der Waals surface area contributed by atoms with Gasteiger partial charge in [0.25, 0.3) is 0 Å². The Bertz CT molecular complexity index is 748. The van der Waals surface area contributed by atoms with Crippen molar-refractivity contribution in [1.82, 2.24) is 0 Å². The van der Waals surface area contributed by atoms with Crippen LogP contribution >= 0.6 is 23.2 Å². The van der Waals surface area contributed by atoms with Gasteiger partial charge in [0.05, 0.1) is 13.1 Å². The first-order valence-electron chi connectivity index (χ1n) is 7.40. The second kappa shape index (κ2) is 13.2. The number of carbonyl (C=O) groups is 1. The molecule has 9 heteroatoms. The van der Waals surface area contributed by atoms with Crippen LogP contribution in [0.4, 0.5) is 0 Å². The number of carboxylic acid groups (broad SMARTS) is 1. The average molecular weight is 449 g/mol. The van der Waals surface area contributed by atoms with Gasteiger partial charge in [0.1, 0.15) is 0 Å². The van der Waals surface area contributed by atoms with Gasteiger partial charge in [-0.15, -0.1) is 0 Å². The number of benzene rings is 2. The number of aliphatic carboxylic acids is 1. The molecule has 2 rings (SSSR count). The number of hydrogen-bond donors (Lipinski definition) is 0. The standard InChI is InChI=1S/C16H14Cl2N2O2.C2H4O2.Mn/c17-13-1-3-15(21)11(7-13)9-19-5-6-20-10-12-8-14(18)2-4-16(12)22;1-2(3)4;/h1-4,7-10,21-22H,5-6H2;1H3,(H,3,4);/q;;+3/p-3. The zero-order valence-corrected chi connectivity index (χ0v) is 16.9. The third kappa shape index (κ3) is 10.6. The van der Waals surface area contributed by atoms with Crippen molar-refractivity contribution in [2.24, 2.45) is 9.98 Å². The molecular formula is C18H15Cl2MnN2O4. The summed E-state index contributed by atoms with van der Waals surface area (Å²) in [5, 5.41) is 32.9. The van der Waals surface area contributed by atoms with Crippen LogP contribution in [0.2, 0.25) is 10.0 Å². The zero-order chi connectivity index (χ0) is 19.5. The third-order valence-electron chi connectivity index (χ3n) is 2.76. The Morgan fingerprint density at radius 3 is 1.59 bits per heavy atom. The van der Waals surface area contributed by atoms with Crippen LogP contribution in [0.1, 0.15) is 18.1 Å². The molecule has 0 bridgehead atoms. The first-order chi connectivity index (χ1) is 12.3. The van der Waals surface area contributed by atoms with Gasteiger partial charge >= 0.3 is 17.1 Å². The topological polar surface area (TPSA) is 111 Å². The van der Waals surface area contributed by atoms with E-state index in [2.05, 4.69) is 9.98 Å². The monoisotopic (exact) mass is 448 g/mol. The van der Waals surface area contributed by atoms with Gasteiger partial charge in [-0.2, -0.15) is 0 Å². The van der Waals surface area contributed by atoms with Gasteiger partial charge in [0.15, 0.2) is 0 Å². The predicted octanol–water partition coefficient (Wildman–Crippen LogP) is 1.43. The Balaban J connectivity index is 0.00000123. The van der Waals surface area contributed by atoms with E-state index in [4.69, 9.17) is 33.1 Å². The molecular weight excluding hydrogens is 434 g/mol. The van der Waals surface area contributed by atoms with Gasteiger partial charge in [-0.3, -0.25) is 9.98 Å². The van der Waals surface area contributed by atoms with E-state index >= 15 is 0 Å². The molecule has 0 aliphatic rings. The Labute approximate surface area is 177 Å². The first kappa shape index (κ1) is 24.9. The van der Waals surface area contributed by atoms with Crippen LogP contribution in [-0.4, -0.2) is 31.5 Å². The van der Waals surface area contributed by atoms with Gasteiger partial charge < -0.3 is 20.1 Å². The molecule has 6 nitrogen and oxygen atoms in total. The summed E-state index contributed by atoms with van der Waals surface area (Å²) >= 11 is 11.6. The molecule has 0 spiro atoms. The van der Waals surface area contributed by atoms with Crippen LogP contribution in [0.25, 0.3) is 0 Å². The van der Waals surface area contributed by atoms with Crippen molar-refractivity contribution in [3.05, 3.63) is 57.6 Å². The third-order valence-corrected chi connectivity index (χ3v) is 3.23. The van der Waals surface area contributed by atoms with Crippen molar-refractivity contribution in [2.75, 3.05) is 13.1 Å². The van der Waals surface area contributed by atoms with Crippen LogP contribution in [0.3, 0.4) is 0 Å². The van der Waals surface area contributed by atoms with Crippen molar-refractivity contribution in [3.8, 4) is 11.5 Å². The Morgan fingerprint density at radius 2 is 1.26 bits per heavy atom. The molecule has 0 aromatic heterocycles. The predicted molar refractivity (Wildman–Crippen MR) is 97.4 cm³/mol. The molecule has 0 saturated heterocycles. The summed E-state index contributed by atoms with van der Waals surface area (Å²) in [6.45, 7) is 1.77. The minimum atomic E-state index is -1.08. The van der Waals surface area contributed by atoms with Crippen LogP contribution < -0.4 is 15.3 Å². The van der Waals surface area contributed by atoms with Gasteiger partial charge in [0, 0.05) is 28.4 Å². The minimum Gasteiger partial charge on any atom is -0.872 e. The zero-order valence-electron chi connectivity index (χ0n) is 14.2. The quantitative estimate of drug-likeness (QED) is 0.391. The number of carboxylic acids is 1. The van der Waals surface area contributed by atoms with E-state index < -0.39 is 5.97 Å². The average Bonchev–Trinajstić information content (AvgIpc) is 2.56. The van der Waals surface area contributed by atoms with Crippen LogP contribution in [0.15, 0.2) is 46.4 Å². The molecule has 0 aliphatic heterocycles. The molecule has 0 heterocycles. The summed E-state index contributed by atoms with van der Waals surface area (Å²) in [6, 6.07) is 9.00. The molecule has 0 amide bonds. The summed E-state index contributed by atoms with van der Waals surface area (Å²) in [6.07, 6.45) is 2.95. The molecule has 0 atom stereocenters. The fourth-order valence-electron chi connectivity index (χ4n) is 1.68. The molecule has 142 valence electrons. The van der Waals surface area contributed by atoms with Crippen molar-refractivity contribution in [3.63, 3.8) is 0 Å². The molecule has 2 aromatic rings. The summed E-state index contributed by atoms with van der Waals surface area (Å²) in [7, 11) is 0. The Hall–Kier alpha value is -2.05. The maximum atomic E-state index is 11.5. The summed E-state index contributed by atoms with van der Waals surface area (Å²) < 4.78 is 0. The Kier molecular flexibility index (Phi) is 12.2. The van der Waals surface area contributed by atoms with Gasteiger partial charge in [-0.1, -0.05) is 46.8 Å². The summed E-state index contributed by atoms with van der Waals surface area (Å²) in [4.78, 5) is 17.1. The SMILES string of the molecule is CC(=O)[O-].[Mn+3].[O-]c1ccc(Cl)cc1C=NCCN=Cc1cc(Cl)ccc1[O-]. The number of rotatable bonds is 5. The molecule has 0 radical (unpaired) electrons. The first-order valence-corrected chi connectivity index (χ1v) is 8.15. The molecule has 0 N–H and O–H groups in total. The second-order valence-electron chi connectivity index (χ2n) is 4.93. The largest absolute Gasteiger partial charge is 3.00 e. The van der Waals surface area contributed by atoms with E-state index in [1.165, 1.54) is 36.7 Å². The normalized spacial score (nSPS) is 10.3. The fourth-order valence-corrected chi connectivity index (χ4v) is 2.04. The van der Waals surface area contributed by atoms with Crippen LogP contribution in [0.5, 0.6) is 11.5 Å². The van der Waals surface area contributed by atoms with Crippen LogP contribution in [0, 0.1) is 0 Å². The van der Waals surface area contributed by atoms with Crippen LogP contribution in [-0.2, 0) is 21.9 Å². The van der Waals surface area contributed by atoms with Gasteiger partial charge in [-0.25, -0.2) is 0 Å². The molecule has 2 aromatic carbocycles. The van der Waals surface area contributed by atoms with Crippen molar-refractivity contribution in [1.29, 1.82) is 0 Å². The van der Waals surface area contributed by atoms with Crippen molar-refractivity contribution >= 4 is 41.6 Å². The van der Waals surface area contributed by atoms with E-state index in [0.717, 1.165) is 6.92 Å². The number of aliphatic imine (C=N–C) groups is 2. The fraction of sp³-hybridized carbons (Fsp3) is 0.167. The van der Waals surface area contributed by atoms with Crippen molar-refractivity contribution in [2.45, 2.75) is 6.92 Å². The Morgan fingerprint density at radius 1 is 0.926 bits per heavy atom. The molecule has 0 unspecified atom stereocenters. The molecule has 0 fully saturated rings. The second-order valence-corrected chi connectivity index (χ2v) is 5.80. The smallest absolute Gasteiger partial charge is 0.872 e. The molecule has 27 heavy (non-hydrogen) atoms. The van der Waals surface area contributed by atoms with Gasteiger partial charge in [0.2, 0.25) is 0 Å². The van der Waals surface area contributed by atoms with E-state index in [1.54, 1.807) is 12.1 Å². The molecule has 0 aliphatic carbocycles. The van der Waals surface area contributed by atoms with E-state index in [9.17, 15) is 10.2 Å². The van der Waals surface area contributed by atoms with E-state index in [1.807, 2.05) is 0 Å². The minimum absolute atomic E-state index is 0.